The number of rotatable bonds is 6. The number of carbonyl (C=O) groups is 1. The summed E-state index contributed by atoms with van der Waals surface area (Å²) in [6, 6.07) is 15.5. The van der Waals surface area contributed by atoms with Crippen LogP contribution in [0.25, 0.3) is 11.5 Å². The van der Waals surface area contributed by atoms with Gasteiger partial charge in [-0.2, -0.15) is 14.3 Å². The third-order valence-electron chi connectivity index (χ3n) is 6.40. The number of ether oxygens (including phenoxy) is 2. The van der Waals surface area contributed by atoms with Crippen molar-refractivity contribution in [3.8, 4) is 17.3 Å². The quantitative estimate of drug-likeness (QED) is 0.378. The molecule has 5 aromatic rings. The standard InChI is InChI=1S/C26H22FN7O3/c1-15-25-18(16-7-8-20(21(11-16)36-2)37-13-17-5-3-4-6-19(17)27)12-24(35)29-26(25)34(31-15)23-10-9-22-30-28-14-33(22)32-23/h3-11,14,18H,12-13H2,1-2H3,(H,29,35). The third kappa shape index (κ3) is 4.03. The molecule has 1 amide bonds. The van der Waals surface area contributed by atoms with Crippen LogP contribution in [0.5, 0.6) is 11.5 Å². The lowest BCUT2D eigenvalue weighted by atomic mass is 9.85. The summed E-state index contributed by atoms with van der Waals surface area (Å²) in [5.41, 5.74) is 3.59. The summed E-state index contributed by atoms with van der Waals surface area (Å²) < 4.78 is 28.6. The number of nitrogens with one attached hydrogen (secondary N) is 1. The molecule has 2 aromatic carbocycles. The van der Waals surface area contributed by atoms with Gasteiger partial charge in [0, 0.05) is 23.5 Å². The van der Waals surface area contributed by atoms with Gasteiger partial charge in [-0.05, 0) is 42.8 Å². The summed E-state index contributed by atoms with van der Waals surface area (Å²) >= 11 is 0. The van der Waals surface area contributed by atoms with Gasteiger partial charge in [0.25, 0.3) is 0 Å². The maximum atomic E-state index is 14.0. The maximum Gasteiger partial charge on any atom is 0.226 e. The van der Waals surface area contributed by atoms with Gasteiger partial charge in [-0.25, -0.2) is 4.39 Å². The minimum atomic E-state index is -0.329. The lowest BCUT2D eigenvalue weighted by molar-refractivity contribution is -0.116. The molecule has 0 fully saturated rings. The molecule has 1 aliphatic rings. The fraction of sp³-hybridized carbons (Fsp3) is 0.192. The SMILES string of the molecule is COc1cc(C2CC(=O)Nc3c2c(C)nn3-c2ccc3nncn3n2)ccc1OCc1ccccc1F. The summed E-state index contributed by atoms with van der Waals surface area (Å²) in [5, 5.41) is 20.0. The largest absolute Gasteiger partial charge is 0.493 e. The van der Waals surface area contributed by atoms with Crippen LogP contribution in [0.15, 0.2) is 60.9 Å². The van der Waals surface area contributed by atoms with Gasteiger partial charge in [-0.15, -0.1) is 15.3 Å². The lowest BCUT2D eigenvalue weighted by Gasteiger charge is -2.25. The van der Waals surface area contributed by atoms with E-state index in [4.69, 9.17) is 9.47 Å². The molecule has 1 aliphatic heterocycles. The fourth-order valence-corrected chi connectivity index (χ4v) is 4.62. The molecule has 4 heterocycles. The van der Waals surface area contributed by atoms with Crippen molar-refractivity contribution in [1.82, 2.24) is 29.6 Å². The maximum absolute atomic E-state index is 14.0. The first-order valence-corrected chi connectivity index (χ1v) is 11.6. The first-order valence-electron chi connectivity index (χ1n) is 11.6. The number of anilines is 1. The molecular formula is C26H22FN7O3. The van der Waals surface area contributed by atoms with Crippen molar-refractivity contribution in [3.05, 3.63) is 89.1 Å². The van der Waals surface area contributed by atoms with Gasteiger partial charge in [0.2, 0.25) is 5.91 Å². The number of aromatic nitrogens is 6. The van der Waals surface area contributed by atoms with E-state index in [-0.39, 0.29) is 30.7 Å². The monoisotopic (exact) mass is 499 g/mol. The smallest absolute Gasteiger partial charge is 0.226 e. The Labute approximate surface area is 210 Å². The number of hydrogen-bond acceptors (Lipinski definition) is 7. The molecule has 1 atom stereocenters. The second-order valence-electron chi connectivity index (χ2n) is 8.68. The fourth-order valence-electron chi connectivity index (χ4n) is 4.62. The van der Waals surface area contributed by atoms with Crippen molar-refractivity contribution in [3.63, 3.8) is 0 Å². The van der Waals surface area contributed by atoms with Crippen LogP contribution in [0, 0.1) is 12.7 Å². The average Bonchev–Trinajstić information content (AvgIpc) is 3.51. The van der Waals surface area contributed by atoms with Gasteiger partial charge in [0.1, 0.15) is 24.6 Å². The van der Waals surface area contributed by atoms with Crippen molar-refractivity contribution < 1.29 is 18.7 Å². The molecule has 0 radical (unpaired) electrons. The molecule has 0 saturated heterocycles. The van der Waals surface area contributed by atoms with E-state index in [0.717, 1.165) is 16.8 Å². The second-order valence-corrected chi connectivity index (χ2v) is 8.68. The zero-order valence-corrected chi connectivity index (χ0v) is 20.1. The minimum Gasteiger partial charge on any atom is -0.493 e. The van der Waals surface area contributed by atoms with Crippen molar-refractivity contribution in [1.29, 1.82) is 0 Å². The highest BCUT2D eigenvalue weighted by Gasteiger charge is 2.33. The molecule has 1 unspecified atom stereocenters. The van der Waals surface area contributed by atoms with E-state index in [1.807, 2.05) is 19.1 Å². The number of carbonyl (C=O) groups excluding carboxylic acids is 1. The lowest BCUT2D eigenvalue weighted by Crippen LogP contribution is -2.25. The van der Waals surface area contributed by atoms with Gasteiger partial charge in [-0.3, -0.25) is 4.79 Å². The molecule has 3 aromatic heterocycles. The van der Waals surface area contributed by atoms with Crippen LogP contribution < -0.4 is 14.8 Å². The molecule has 0 aliphatic carbocycles. The predicted molar refractivity (Wildman–Crippen MR) is 131 cm³/mol. The normalized spacial score (nSPS) is 14.9. The Morgan fingerprint density at radius 1 is 1.11 bits per heavy atom. The molecule has 6 rings (SSSR count). The van der Waals surface area contributed by atoms with E-state index >= 15 is 0 Å². The molecule has 1 N–H and O–H groups in total. The Morgan fingerprint density at radius 2 is 1.97 bits per heavy atom. The first kappa shape index (κ1) is 22.7. The Balaban J connectivity index is 1.35. The number of hydrogen-bond donors (Lipinski definition) is 1. The van der Waals surface area contributed by atoms with E-state index in [0.29, 0.717) is 34.3 Å². The summed E-state index contributed by atoms with van der Waals surface area (Å²) in [4.78, 5) is 12.8. The van der Waals surface area contributed by atoms with Crippen LogP contribution in [0.4, 0.5) is 10.2 Å². The molecule has 37 heavy (non-hydrogen) atoms. The topological polar surface area (TPSA) is 108 Å². The van der Waals surface area contributed by atoms with Crippen LogP contribution in [0.2, 0.25) is 0 Å². The summed E-state index contributed by atoms with van der Waals surface area (Å²) in [7, 11) is 1.55. The van der Waals surface area contributed by atoms with Gasteiger partial charge in [0.15, 0.2) is 23.0 Å². The van der Waals surface area contributed by atoms with Crippen LogP contribution >= 0.6 is 0 Å². The van der Waals surface area contributed by atoms with Crippen molar-refractivity contribution in [2.45, 2.75) is 25.9 Å². The Kier molecular flexibility index (Phi) is 5.52. The van der Waals surface area contributed by atoms with E-state index in [1.165, 1.54) is 12.4 Å². The second kappa shape index (κ2) is 9.01. The van der Waals surface area contributed by atoms with Crippen LogP contribution in [0.1, 0.15) is 34.7 Å². The summed E-state index contributed by atoms with van der Waals surface area (Å²) in [6.45, 7) is 1.97. The first-order chi connectivity index (χ1) is 18.0. The van der Waals surface area contributed by atoms with Crippen LogP contribution in [-0.4, -0.2) is 42.6 Å². The van der Waals surface area contributed by atoms with Gasteiger partial charge >= 0.3 is 0 Å². The van der Waals surface area contributed by atoms with E-state index in [2.05, 4.69) is 25.7 Å². The number of fused-ring (bicyclic) bond motifs is 2. The Hall–Kier alpha value is -4.80. The van der Waals surface area contributed by atoms with Gasteiger partial charge in [0.05, 0.1) is 12.8 Å². The summed E-state index contributed by atoms with van der Waals surface area (Å²) in [5.74, 6) is 1.34. The van der Waals surface area contributed by atoms with Crippen molar-refractivity contribution in [2.75, 3.05) is 12.4 Å². The summed E-state index contributed by atoms with van der Waals surface area (Å²) in [6.07, 6.45) is 1.75. The predicted octanol–water partition coefficient (Wildman–Crippen LogP) is 3.82. The molecule has 186 valence electrons. The molecule has 11 heteroatoms. The minimum absolute atomic E-state index is 0.0635. The van der Waals surface area contributed by atoms with Gasteiger partial charge < -0.3 is 14.8 Å². The highest BCUT2D eigenvalue weighted by molar-refractivity contribution is 5.95. The average molecular weight is 500 g/mol. The van der Waals surface area contributed by atoms with Gasteiger partial charge in [-0.1, -0.05) is 24.3 Å². The van der Waals surface area contributed by atoms with Crippen molar-refractivity contribution >= 4 is 17.4 Å². The van der Waals surface area contributed by atoms with E-state index in [9.17, 15) is 9.18 Å². The van der Waals surface area contributed by atoms with Crippen molar-refractivity contribution in [2.24, 2.45) is 0 Å². The zero-order valence-electron chi connectivity index (χ0n) is 20.1. The third-order valence-corrected chi connectivity index (χ3v) is 6.40. The Morgan fingerprint density at radius 3 is 2.81 bits per heavy atom. The number of benzene rings is 2. The number of halogens is 1. The molecule has 0 bridgehead atoms. The number of nitrogens with zero attached hydrogens (tertiary/aromatic N) is 6. The molecule has 0 saturated carbocycles. The molecular weight excluding hydrogens is 477 g/mol. The molecule has 10 nitrogen and oxygen atoms in total. The zero-order chi connectivity index (χ0) is 25.5. The molecule has 0 spiro atoms. The Bertz CT molecular complexity index is 1640. The highest BCUT2D eigenvalue weighted by atomic mass is 19.1. The highest BCUT2D eigenvalue weighted by Crippen LogP contribution is 2.42. The van der Waals surface area contributed by atoms with E-state index in [1.54, 1.807) is 52.7 Å². The number of methoxy groups -OCH3 is 1. The van der Waals surface area contributed by atoms with E-state index < -0.39 is 0 Å². The van der Waals surface area contributed by atoms with Crippen LogP contribution in [0.3, 0.4) is 0 Å². The number of amides is 1. The van der Waals surface area contributed by atoms with Crippen LogP contribution in [-0.2, 0) is 11.4 Å². The number of aryl methyl sites for hydroxylation is 1.